The van der Waals surface area contributed by atoms with Crippen LogP contribution in [0.2, 0.25) is 0 Å². The monoisotopic (exact) mass is 535 g/mol. The van der Waals surface area contributed by atoms with Crippen LogP contribution in [-0.2, 0) is 16.1 Å². The van der Waals surface area contributed by atoms with E-state index < -0.39 is 10.3 Å². The first-order chi connectivity index (χ1) is 17.8. The molecule has 0 saturated carbocycles. The highest BCUT2D eigenvalue weighted by Crippen LogP contribution is 2.35. The van der Waals surface area contributed by atoms with Crippen LogP contribution >= 0.6 is 11.8 Å². The zero-order valence-corrected chi connectivity index (χ0v) is 24.8. The summed E-state index contributed by atoms with van der Waals surface area (Å²) in [5.74, 6) is 0.290. The van der Waals surface area contributed by atoms with Gasteiger partial charge in [0.1, 0.15) is 21.9 Å². The minimum absolute atomic E-state index is 0.223. The van der Waals surface area contributed by atoms with E-state index in [0.717, 1.165) is 58.9 Å². The second-order valence-electron chi connectivity index (χ2n) is 11.3. The Morgan fingerprint density at radius 3 is 2.29 bits per heavy atom. The molecule has 0 aliphatic carbocycles. The Kier molecular flexibility index (Phi) is 9.47. The highest BCUT2D eigenvalue weighted by Gasteiger charge is 2.33. The summed E-state index contributed by atoms with van der Waals surface area (Å²) in [6, 6.07) is 13.9. The average molecular weight is 536 g/mol. The molecule has 1 amide bonds. The number of hydrogen-bond acceptors (Lipinski definition) is 5. The summed E-state index contributed by atoms with van der Waals surface area (Å²) in [5, 5.41) is 3.01. The lowest BCUT2D eigenvalue weighted by molar-refractivity contribution is -0.156. The van der Waals surface area contributed by atoms with Gasteiger partial charge in [-0.2, -0.15) is 0 Å². The largest absolute Gasteiger partial charge is 0.459 e. The van der Waals surface area contributed by atoms with Gasteiger partial charge in [0.15, 0.2) is 0 Å². The molecule has 0 saturated heterocycles. The maximum atomic E-state index is 13.1. The molecule has 0 radical (unpaired) electrons. The van der Waals surface area contributed by atoms with E-state index in [4.69, 9.17) is 9.72 Å². The van der Waals surface area contributed by atoms with E-state index in [1.807, 2.05) is 97.1 Å². The van der Waals surface area contributed by atoms with Crippen molar-refractivity contribution in [3.8, 4) is 11.4 Å². The van der Waals surface area contributed by atoms with Gasteiger partial charge in [0, 0.05) is 28.9 Å². The number of thioether (sulfide) groups is 1. The van der Waals surface area contributed by atoms with Crippen molar-refractivity contribution in [2.45, 2.75) is 96.4 Å². The lowest BCUT2D eigenvalue weighted by Crippen LogP contribution is -2.36. The number of aromatic nitrogens is 2. The normalized spacial score (nSPS) is 11.9. The van der Waals surface area contributed by atoms with E-state index in [2.05, 4.69) is 16.8 Å². The Morgan fingerprint density at radius 1 is 1.00 bits per heavy atom. The van der Waals surface area contributed by atoms with Gasteiger partial charge in [-0.05, 0) is 78.6 Å². The number of carbonyl (C=O) groups excluding carboxylic acids is 2. The topological polar surface area (TPSA) is 73.2 Å². The first-order valence-corrected chi connectivity index (χ1v) is 14.1. The fourth-order valence-electron chi connectivity index (χ4n) is 4.01. The molecule has 0 aliphatic rings. The number of rotatable bonds is 10. The maximum absolute atomic E-state index is 13.1. The summed E-state index contributed by atoms with van der Waals surface area (Å²) in [6.07, 6.45) is 5.08. The van der Waals surface area contributed by atoms with Crippen LogP contribution in [0.15, 0.2) is 53.6 Å². The molecule has 1 aromatic heterocycles. The highest BCUT2D eigenvalue weighted by atomic mass is 32.2. The number of nitrogens with one attached hydrogen (secondary N) is 1. The number of unbranched alkanes of at least 4 members (excludes halogenated alkanes) is 2. The van der Waals surface area contributed by atoms with Crippen LogP contribution in [0.4, 0.5) is 5.69 Å². The SMILES string of the molecule is CCCCCn1cc(C(=O)Nc2ccc(C)cc2C)nc1-c1ccc(SC(C)(C)C(=O)OC(C)(C)C)cc1. The molecule has 0 atom stereocenters. The summed E-state index contributed by atoms with van der Waals surface area (Å²) < 4.78 is 6.94. The third-order valence-electron chi connectivity index (χ3n) is 6.02. The van der Waals surface area contributed by atoms with E-state index >= 15 is 0 Å². The van der Waals surface area contributed by atoms with Crippen molar-refractivity contribution < 1.29 is 14.3 Å². The van der Waals surface area contributed by atoms with Crippen molar-refractivity contribution in [2.75, 3.05) is 5.32 Å². The number of carbonyl (C=O) groups is 2. The summed E-state index contributed by atoms with van der Waals surface area (Å²) >= 11 is 1.47. The summed E-state index contributed by atoms with van der Waals surface area (Å²) in [5.41, 5.74) is 3.74. The number of nitrogens with zero attached hydrogens (tertiary/aromatic N) is 2. The van der Waals surface area contributed by atoms with E-state index in [1.54, 1.807) is 0 Å². The average Bonchev–Trinajstić information content (AvgIpc) is 3.24. The number of amides is 1. The summed E-state index contributed by atoms with van der Waals surface area (Å²) in [4.78, 5) is 31.5. The fraction of sp³-hybridized carbons (Fsp3) is 0.452. The highest BCUT2D eigenvalue weighted by molar-refractivity contribution is 8.01. The smallest absolute Gasteiger partial charge is 0.322 e. The van der Waals surface area contributed by atoms with E-state index in [9.17, 15) is 9.59 Å². The molecule has 204 valence electrons. The number of esters is 1. The van der Waals surface area contributed by atoms with Gasteiger partial charge in [0.25, 0.3) is 5.91 Å². The lowest BCUT2D eigenvalue weighted by atomic mass is 10.1. The van der Waals surface area contributed by atoms with Gasteiger partial charge in [-0.15, -0.1) is 11.8 Å². The predicted octanol–water partition coefficient (Wildman–Crippen LogP) is 7.82. The van der Waals surface area contributed by atoms with Gasteiger partial charge in [-0.25, -0.2) is 4.98 Å². The molecule has 2 aromatic carbocycles. The zero-order valence-electron chi connectivity index (χ0n) is 24.0. The van der Waals surface area contributed by atoms with Crippen molar-refractivity contribution in [1.82, 2.24) is 9.55 Å². The molecular formula is C31H41N3O3S. The number of imidazole rings is 1. The molecule has 3 aromatic rings. The Hall–Kier alpha value is -3.06. The van der Waals surface area contributed by atoms with Crippen molar-refractivity contribution in [3.05, 3.63) is 65.5 Å². The second kappa shape index (κ2) is 12.2. The molecule has 3 rings (SSSR count). The molecule has 38 heavy (non-hydrogen) atoms. The van der Waals surface area contributed by atoms with Crippen molar-refractivity contribution in [1.29, 1.82) is 0 Å². The maximum Gasteiger partial charge on any atom is 0.322 e. The molecule has 7 heteroatoms. The van der Waals surface area contributed by atoms with Crippen LogP contribution in [0.3, 0.4) is 0 Å². The van der Waals surface area contributed by atoms with Crippen LogP contribution in [0, 0.1) is 13.8 Å². The van der Waals surface area contributed by atoms with Crippen LogP contribution < -0.4 is 5.32 Å². The van der Waals surface area contributed by atoms with E-state index in [1.165, 1.54) is 11.8 Å². The number of hydrogen-bond donors (Lipinski definition) is 1. The Labute approximate surface area is 231 Å². The van der Waals surface area contributed by atoms with Gasteiger partial charge in [0.05, 0.1) is 0 Å². The van der Waals surface area contributed by atoms with Gasteiger partial charge in [0.2, 0.25) is 0 Å². The summed E-state index contributed by atoms with van der Waals surface area (Å²) in [7, 11) is 0. The van der Waals surface area contributed by atoms with Gasteiger partial charge < -0.3 is 14.6 Å². The number of anilines is 1. The number of benzene rings is 2. The first kappa shape index (κ1) is 29.5. The molecule has 1 heterocycles. The quantitative estimate of drug-likeness (QED) is 0.163. The molecular weight excluding hydrogens is 494 g/mol. The number of aryl methyl sites for hydroxylation is 3. The van der Waals surface area contributed by atoms with Gasteiger partial charge in [-0.1, -0.05) is 49.6 Å². The zero-order chi connectivity index (χ0) is 28.1. The third kappa shape index (κ3) is 7.97. The van der Waals surface area contributed by atoms with Crippen molar-refractivity contribution in [3.63, 3.8) is 0 Å². The van der Waals surface area contributed by atoms with Gasteiger partial charge in [-0.3, -0.25) is 9.59 Å². The molecule has 0 spiro atoms. The Bertz CT molecular complexity index is 1270. The van der Waals surface area contributed by atoms with Crippen molar-refractivity contribution in [2.24, 2.45) is 0 Å². The minimum atomic E-state index is -0.729. The summed E-state index contributed by atoms with van der Waals surface area (Å²) in [6.45, 7) is 16.4. The molecule has 6 nitrogen and oxygen atoms in total. The van der Waals surface area contributed by atoms with E-state index in [0.29, 0.717) is 5.69 Å². The molecule has 0 bridgehead atoms. The second-order valence-corrected chi connectivity index (χ2v) is 13.0. The molecule has 0 fully saturated rings. The first-order valence-electron chi connectivity index (χ1n) is 13.3. The van der Waals surface area contributed by atoms with Crippen LogP contribution in [0.1, 0.15) is 82.4 Å². The van der Waals surface area contributed by atoms with Crippen LogP contribution in [-0.4, -0.2) is 31.8 Å². The molecule has 0 unspecified atom stereocenters. The van der Waals surface area contributed by atoms with Crippen molar-refractivity contribution >= 4 is 29.3 Å². The standard InChI is InChI=1S/C31H41N3O3S/c1-9-10-11-18-34-20-26(28(35)33-25-17-12-21(2)19-22(25)3)32-27(34)23-13-15-24(16-14-23)38-31(7,8)29(36)37-30(4,5)6/h12-17,19-20H,9-11,18H2,1-8H3,(H,33,35). The molecule has 1 N–H and O–H groups in total. The minimum Gasteiger partial charge on any atom is -0.459 e. The van der Waals surface area contributed by atoms with Crippen LogP contribution in [0.5, 0.6) is 0 Å². The third-order valence-corrected chi connectivity index (χ3v) is 7.20. The van der Waals surface area contributed by atoms with Gasteiger partial charge >= 0.3 is 5.97 Å². The fourth-order valence-corrected chi connectivity index (χ4v) is 4.99. The lowest BCUT2D eigenvalue weighted by Gasteiger charge is -2.28. The Balaban J connectivity index is 1.83. The molecule has 0 aliphatic heterocycles. The van der Waals surface area contributed by atoms with E-state index in [-0.39, 0.29) is 11.9 Å². The Morgan fingerprint density at radius 2 is 1.68 bits per heavy atom. The van der Waals surface area contributed by atoms with Crippen LogP contribution in [0.25, 0.3) is 11.4 Å². The predicted molar refractivity (Wildman–Crippen MR) is 157 cm³/mol. The number of ether oxygens (including phenoxy) is 1.